The minimum Gasteiger partial charge on any atom is -0.461 e. The van der Waals surface area contributed by atoms with Crippen molar-refractivity contribution in [2.75, 3.05) is 26.4 Å². The van der Waals surface area contributed by atoms with Crippen LogP contribution in [0.15, 0.2) is 146 Å². The molecule has 0 heterocycles. The Labute approximate surface area is 461 Å². The summed E-state index contributed by atoms with van der Waals surface area (Å²) in [6.45, 7) is 4.18. The lowest BCUT2D eigenvalue weighted by Gasteiger charge is -2.21. The lowest BCUT2D eigenvalue weighted by Crippen LogP contribution is -2.30. The van der Waals surface area contributed by atoms with Crippen LogP contribution >= 0.6 is 7.82 Å². The van der Waals surface area contributed by atoms with Gasteiger partial charge in [0.05, 0.1) is 26.2 Å². The zero-order valence-corrected chi connectivity index (χ0v) is 48.0. The van der Waals surface area contributed by atoms with E-state index >= 15 is 0 Å². The van der Waals surface area contributed by atoms with Crippen molar-refractivity contribution >= 4 is 25.7 Å². The molecular weight excluding hydrogens is 976 g/mol. The first-order valence-corrected chi connectivity index (χ1v) is 30.2. The predicted molar refractivity (Wildman–Crippen MR) is 316 cm³/mol. The quantitative estimate of drug-likeness (QED) is 0.0197. The molecule has 0 radical (unpaired) electrons. The van der Waals surface area contributed by atoms with Crippen LogP contribution in [0.25, 0.3) is 0 Å². The van der Waals surface area contributed by atoms with Crippen LogP contribution in [0.2, 0.25) is 0 Å². The number of aliphatic hydroxyl groups is 1. The van der Waals surface area contributed by atoms with Crippen LogP contribution in [0.4, 0.5) is 0 Å². The Morgan fingerprint density at radius 3 is 1.17 bits per heavy atom. The maximum atomic E-state index is 12.9. The largest absolute Gasteiger partial charge is 0.472 e. The minimum absolute atomic E-state index is 0.0264. The smallest absolute Gasteiger partial charge is 0.461 e. The molecule has 0 fully saturated rings. The maximum Gasteiger partial charge on any atom is 0.472 e. The molecule has 3 unspecified atom stereocenters. The molecule has 3 atom stereocenters. The van der Waals surface area contributed by atoms with Crippen molar-refractivity contribution in [3.8, 4) is 0 Å². The molecule has 0 saturated heterocycles. The Morgan fingerprint density at radius 2 is 0.737 bits per heavy atom. The number of phosphoric ester groups is 1. The fourth-order valence-corrected chi connectivity index (χ4v) is 7.75. The number of hydrogen-bond acceptors (Lipinski definition) is 10. The summed E-state index contributed by atoms with van der Waals surface area (Å²) in [6.07, 6.45) is 72.7. The Hall–Kier alpha value is -4.64. The van der Waals surface area contributed by atoms with Crippen LogP contribution in [0.5, 0.6) is 0 Å². The van der Waals surface area contributed by atoms with Gasteiger partial charge < -0.3 is 24.2 Å². The highest BCUT2D eigenvalue weighted by Crippen LogP contribution is 2.43. The second-order valence-corrected chi connectivity index (χ2v) is 19.8. The van der Waals surface area contributed by atoms with Gasteiger partial charge in [0.15, 0.2) is 6.10 Å². The van der Waals surface area contributed by atoms with E-state index in [1.54, 1.807) is 6.08 Å². The number of phosphoric acid groups is 1. The molecule has 0 aliphatic heterocycles. The van der Waals surface area contributed by atoms with E-state index in [0.29, 0.717) is 25.7 Å². The monoisotopic (exact) mass is 1080 g/mol. The van der Waals surface area contributed by atoms with E-state index in [1.807, 2.05) is 24.3 Å². The van der Waals surface area contributed by atoms with E-state index in [0.717, 1.165) is 96.3 Å². The fraction of sp³-hybridized carbons (Fsp3) is 0.578. The molecule has 0 spiro atoms. The third-order valence-corrected chi connectivity index (χ3v) is 12.2. The molecule has 0 rings (SSSR count). The third-order valence-electron chi connectivity index (χ3n) is 11.3. The molecule has 0 aliphatic rings. The molecule has 0 aromatic rings. The van der Waals surface area contributed by atoms with E-state index in [9.17, 15) is 28.9 Å². The zero-order chi connectivity index (χ0) is 55.5. The van der Waals surface area contributed by atoms with Crippen LogP contribution in [-0.2, 0) is 42.2 Å². The molecule has 0 saturated carbocycles. The van der Waals surface area contributed by atoms with Crippen molar-refractivity contribution in [2.24, 2.45) is 0 Å². The van der Waals surface area contributed by atoms with Gasteiger partial charge in [-0.3, -0.25) is 23.4 Å². The summed E-state index contributed by atoms with van der Waals surface area (Å²) >= 11 is 0. The summed E-state index contributed by atoms with van der Waals surface area (Å²) < 4.78 is 39.3. The standard InChI is InChI=1S/C64H101O11P/c1-4-7-10-13-16-19-22-25-28-30-33-36-39-42-45-48-51-54-63(67)74-60(56-65)58-72-76(69,70)73-59-61(57-71-62(66)53-50-47-44-41-38-35-32-27-24-21-18-15-12-9-6-3)75-64(68)55-52-49-46-43-40-37-34-31-29-26-23-20-17-14-11-8-5-2/h8-9,11-12,16-21,25-29,32,34,37-38,41,43,46-47,50,60-61,65H,4-7,10,13-15,22-24,30-31,33,35-36,39-40,42,44-45,48-49,51-59H2,1-3H3,(H,69,70)/b11-8-,12-9-,19-16-,20-17-,21-18-,28-25-,29-26-,32-27-,37-34-,41-38-,46-43-,50-47-. The van der Waals surface area contributed by atoms with Crippen LogP contribution in [0, 0.1) is 0 Å². The van der Waals surface area contributed by atoms with Gasteiger partial charge in [0, 0.05) is 12.8 Å². The van der Waals surface area contributed by atoms with Gasteiger partial charge in [-0.2, -0.15) is 0 Å². The third kappa shape index (κ3) is 54.2. The Bertz CT molecular complexity index is 1830. The fourth-order valence-electron chi connectivity index (χ4n) is 6.96. The highest BCUT2D eigenvalue weighted by atomic mass is 31.2. The SMILES string of the molecule is CC/C=C\C/C=C\C/C=C\C/C=C\C/C=C\CCCC(=O)OC(COC(=O)C/C=C\C/C=C\C/C=C\C/C=C\C/C=C\CC)COP(=O)(O)OCC(CO)OC(=O)CCCCCCCCC/C=C\C/C=C\CCCCC. The molecular formula is C64H101O11P. The average molecular weight is 1080 g/mol. The van der Waals surface area contributed by atoms with Crippen LogP contribution in [-0.4, -0.2) is 66.5 Å². The molecule has 12 heteroatoms. The molecule has 0 aromatic carbocycles. The number of unbranched alkanes of at least 4 members (excludes halogenated alkanes) is 11. The number of esters is 3. The topological polar surface area (TPSA) is 155 Å². The summed E-state index contributed by atoms with van der Waals surface area (Å²) in [6, 6.07) is 0. The highest BCUT2D eigenvalue weighted by molar-refractivity contribution is 7.47. The van der Waals surface area contributed by atoms with Gasteiger partial charge in [-0.05, 0) is 116 Å². The van der Waals surface area contributed by atoms with E-state index in [1.165, 1.54) is 38.5 Å². The van der Waals surface area contributed by atoms with Crippen LogP contribution < -0.4 is 0 Å². The number of ether oxygens (including phenoxy) is 3. The van der Waals surface area contributed by atoms with E-state index in [2.05, 4.69) is 136 Å². The number of carbonyl (C=O) groups is 3. The minimum atomic E-state index is -4.80. The second kappa shape index (κ2) is 56.6. The van der Waals surface area contributed by atoms with E-state index < -0.39 is 64.4 Å². The molecule has 0 aromatic heterocycles. The lowest BCUT2D eigenvalue weighted by atomic mass is 10.1. The maximum absolute atomic E-state index is 12.9. The van der Waals surface area contributed by atoms with Gasteiger partial charge in [0.2, 0.25) is 0 Å². The molecule has 76 heavy (non-hydrogen) atoms. The highest BCUT2D eigenvalue weighted by Gasteiger charge is 2.28. The predicted octanol–water partition coefficient (Wildman–Crippen LogP) is 17.1. The van der Waals surface area contributed by atoms with Gasteiger partial charge >= 0.3 is 25.7 Å². The summed E-state index contributed by atoms with van der Waals surface area (Å²) in [5.41, 5.74) is 0. The Morgan fingerprint density at radius 1 is 0.395 bits per heavy atom. The van der Waals surface area contributed by atoms with Gasteiger partial charge in [0.25, 0.3) is 0 Å². The van der Waals surface area contributed by atoms with Gasteiger partial charge in [-0.1, -0.05) is 212 Å². The van der Waals surface area contributed by atoms with Crippen molar-refractivity contribution in [2.45, 2.75) is 213 Å². The Balaban J connectivity index is 4.91. The number of carbonyl (C=O) groups excluding carboxylic acids is 3. The first kappa shape index (κ1) is 71.4. The number of allylic oxidation sites excluding steroid dienone is 23. The van der Waals surface area contributed by atoms with Crippen LogP contribution in [0.1, 0.15) is 201 Å². The number of hydrogen-bond donors (Lipinski definition) is 2. The first-order valence-electron chi connectivity index (χ1n) is 28.7. The summed E-state index contributed by atoms with van der Waals surface area (Å²) in [5, 5.41) is 9.82. The normalized spacial score (nSPS) is 14.4. The molecule has 11 nitrogen and oxygen atoms in total. The first-order chi connectivity index (χ1) is 37.2. The summed E-state index contributed by atoms with van der Waals surface area (Å²) in [4.78, 5) is 48.5. The lowest BCUT2D eigenvalue weighted by molar-refractivity contribution is -0.161. The van der Waals surface area contributed by atoms with Crippen molar-refractivity contribution in [1.82, 2.24) is 0 Å². The number of aliphatic hydroxyl groups excluding tert-OH is 1. The van der Waals surface area contributed by atoms with Crippen molar-refractivity contribution in [3.05, 3.63) is 146 Å². The van der Waals surface area contributed by atoms with E-state index in [-0.39, 0.29) is 19.3 Å². The molecule has 2 N–H and O–H groups in total. The molecule has 0 aliphatic carbocycles. The molecule has 428 valence electrons. The summed E-state index contributed by atoms with van der Waals surface area (Å²) in [5.74, 6) is -1.72. The molecule has 0 bridgehead atoms. The Kier molecular flexibility index (Phi) is 53.1. The van der Waals surface area contributed by atoms with Crippen molar-refractivity contribution < 1.29 is 52.2 Å². The van der Waals surface area contributed by atoms with Gasteiger partial charge in [0.1, 0.15) is 12.7 Å². The van der Waals surface area contributed by atoms with Crippen molar-refractivity contribution in [3.63, 3.8) is 0 Å². The molecule has 0 amide bonds. The van der Waals surface area contributed by atoms with E-state index in [4.69, 9.17) is 23.3 Å². The number of rotatable bonds is 51. The van der Waals surface area contributed by atoms with Crippen molar-refractivity contribution in [1.29, 1.82) is 0 Å². The second-order valence-electron chi connectivity index (χ2n) is 18.3. The zero-order valence-electron chi connectivity index (χ0n) is 47.2. The van der Waals surface area contributed by atoms with Gasteiger partial charge in [-0.15, -0.1) is 0 Å². The average Bonchev–Trinajstić information content (AvgIpc) is 3.41. The van der Waals surface area contributed by atoms with Crippen LogP contribution in [0.3, 0.4) is 0 Å². The summed E-state index contributed by atoms with van der Waals surface area (Å²) in [7, 11) is -4.80. The van der Waals surface area contributed by atoms with Gasteiger partial charge in [-0.25, -0.2) is 4.57 Å².